The van der Waals surface area contributed by atoms with Gasteiger partial charge in [-0.25, -0.2) is 4.57 Å². The molecule has 10 heteroatoms. The van der Waals surface area contributed by atoms with Crippen LogP contribution in [0.4, 0.5) is 0 Å². The second kappa shape index (κ2) is 54.6. The van der Waals surface area contributed by atoms with E-state index in [0.717, 1.165) is 57.8 Å². The lowest BCUT2D eigenvalue weighted by molar-refractivity contribution is -0.161. The highest BCUT2D eigenvalue weighted by atomic mass is 31.2. The Labute approximate surface area is 420 Å². The predicted molar refractivity (Wildman–Crippen MR) is 289 cm³/mol. The predicted octanol–water partition coefficient (Wildman–Crippen LogP) is 18.0. The molecule has 0 rings (SSSR count). The summed E-state index contributed by atoms with van der Waals surface area (Å²) < 4.78 is 32.9. The smallest absolute Gasteiger partial charge is 0.462 e. The number of rotatable bonds is 55. The Kier molecular flexibility index (Phi) is 53.1. The van der Waals surface area contributed by atoms with Crippen LogP contribution < -0.4 is 5.73 Å². The van der Waals surface area contributed by atoms with E-state index < -0.39 is 26.5 Å². The van der Waals surface area contributed by atoms with Gasteiger partial charge in [-0.15, -0.1) is 0 Å². The van der Waals surface area contributed by atoms with E-state index in [1.165, 1.54) is 199 Å². The number of carbonyl (C=O) groups excluding carboxylic acids is 2. The second-order valence-corrected chi connectivity index (χ2v) is 20.9. The van der Waals surface area contributed by atoms with Crippen molar-refractivity contribution in [2.75, 3.05) is 26.4 Å². The van der Waals surface area contributed by atoms with E-state index in [0.29, 0.717) is 6.42 Å². The lowest BCUT2D eigenvalue weighted by Crippen LogP contribution is -2.29. The third kappa shape index (κ3) is 53.6. The average molecular weight is 980 g/mol. The fourth-order valence-corrected chi connectivity index (χ4v) is 9.30. The molecule has 68 heavy (non-hydrogen) atoms. The molecular weight excluding hydrogens is 870 g/mol. The van der Waals surface area contributed by atoms with Crippen molar-refractivity contribution in [2.45, 2.75) is 296 Å². The van der Waals surface area contributed by atoms with Gasteiger partial charge in [-0.1, -0.05) is 269 Å². The Bertz CT molecular complexity index is 1210. The number of hydrogen-bond donors (Lipinski definition) is 2. The Hall–Kier alpha value is -1.77. The Balaban J connectivity index is 3.77. The first-order valence-electron chi connectivity index (χ1n) is 29.0. The number of nitrogens with two attached hydrogens (primary N) is 1. The summed E-state index contributed by atoms with van der Waals surface area (Å²) in [5.41, 5.74) is 5.36. The van der Waals surface area contributed by atoms with Crippen LogP contribution in [-0.2, 0) is 32.7 Å². The lowest BCUT2D eigenvalue weighted by Gasteiger charge is -2.19. The first-order chi connectivity index (χ1) is 33.3. The van der Waals surface area contributed by atoms with Gasteiger partial charge in [0.05, 0.1) is 13.2 Å². The molecule has 0 aliphatic heterocycles. The molecule has 3 N–H and O–H groups in total. The van der Waals surface area contributed by atoms with E-state index in [4.69, 9.17) is 24.3 Å². The summed E-state index contributed by atoms with van der Waals surface area (Å²) >= 11 is 0. The van der Waals surface area contributed by atoms with Crippen LogP contribution in [0.15, 0.2) is 36.5 Å². The summed E-state index contributed by atoms with van der Waals surface area (Å²) in [6.07, 6.45) is 65.3. The minimum absolute atomic E-state index is 0.0491. The molecule has 0 heterocycles. The summed E-state index contributed by atoms with van der Waals surface area (Å²) in [5.74, 6) is -0.852. The van der Waals surface area contributed by atoms with E-state index in [1.807, 2.05) is 0 Å². The van der Waals surface area contributed by atoms with Crippen molar-refractivity contribution < 1.29 is 37.6 Å². The van der Waals surface area contributed by atoms with Crippen LogP contribution in [-0.4, -0.2) is 49.3 Å². The van der Waals surface area contributed by atoms with Gasteiger partial charge < -0.3 is 20.1 Å². The molecule has 2 unspecified atom stereocenters. The van der Waals surface area contributed by atoms with Crippen molar-refractivity contribution >= 4 is 19.8 Å². The van der Waals surface area contributed by atoms with E-state index in [-0.39, 0.29) is 38.6 Å². The molecular formula is C58H110NO8P. The Morgan fingerprint density at radius 1 is 0.456 bits per heavy atom. The normalized spacial score (nSPS) is 13.3. The maximum Gasteiger partial charge on any atom is 0.472 e. The number of phosphoric acid groups is 1. The highest BCUT2D eigenvalue weighted by Crippen LogP contribution is 2.43. The molecule has 0 amide bonds. The summed E-state index contributed by atoms with van der Waals surface area (Å²) in [6, 6.07) is 0. The highest BCUT2D eigenvalue weighted by molar-refractivity contribution is 7.47. The average Bonchev–Trinajstić information content (AvgIpc) is 3.33. The summed E-state index contributed by atoms with van der Waals surface area (Å²) in [6.45, 7) is 3.62. The summed E-state index contributed by atoms with van der Waals surface area (Å²) in [5, 5.41) is 0. The fourth-order valence-electron chi connectivity index (χ4n) is 8.54. The number of esters is 2. The quantitative estimate of drug-likeness (QED) is 0.0264. The van der Waals surface area contributed by atoms with E-state index in [2.05, 4.69) is 50.3 Å². The van der Waals surface area contributed by atoms with E-state index >= 15 is 0 Å². The van der Waals surface area contributed by atoms with Crippen LogP contribution in [0.5, 0.6) is 0 Å². The SMILES string of the molecule is CC/C=C\C/C=C\C/C=C\CCCCCC(=O)OC(COC(=O)CCCCCCCCCCCCCCCCCCCCCCCCCCCCCCCCCCCC)COP(=O)(O)OCCN. The first-order valence-corrected chi connectivity index (χ1v) is 30.5. The standard InChI is InChI=1S/C58H110NO8P/c1-3-5-7-9-11-13-15-17-18-19-20-21-22-23-24-25-26-27-28-29-30-31-32-33-34-35-36-37-39-40-42-44-46-48-50-57(60)64-54-56(55-66-68(62,63)65-53-52-59)67-58(61)51-49-47-45-43-41-38-16-14-12-10-8-6-4-2/h6,8,12,14,38,41,56H,3-5,7,9-11,13,15-37,39-40,42-55,59H2,1-2H3,(H,62,63)/b8-6-,14-12-,41-38-. The molecule has 0 aromatic rings. The van der Waals surface area contributed by atoms with Gasteiger partial charge in [0.25, 0.3) is 0 Å². The topological polar surface area (TPSA) is 134 Å². The molecule has 9 nitrogen and oxygen atoms in total. The van der Waals surface area contributed by atoms with Crippen LogP contribution >= 0.6 is 7.82 Å². The molecule has 2 atom stereocenters. The number of hydrogen-bond acceptors (Lipinski definition) is 8. The molecule has 0 saturated heterocycles. The van der Waals surface area contributed by atoms with E-state index in [9.17, 15) is 19.0 Å². The van der Waals surface area contributed by atoms with Crippen molar-refractivity contribution in [1.29, 1.82) is 0 Å². The molecule has 0 fully saturated rings. The number of unbranched alkanes of at least 4 members (excludes halogenated alkanes) is 36. The first kappa shape index (κ1) is 66.2. The van der Waals surface area contributed by atoms with Gasteiger partial charge in [0.1, 0.15) is 6.61 Å². The molecule has 0 spiro atoms. The molecule has 0 aliphatic rings. The zero-order chi connectivity index (χ0) is 49.5. The Morgan fingerprint density at radius 3 is 1.21 bits per heavy atom. The molecule has 0 saturated carbocycles. The number of carbonyl (C=O) groups is 2. The van der Waals surface area contributed by atoms with Gasteiger partial charge in [-0.2, -0.15) is 0 Å². The second-order valence-electron chi connectivity index (χ2n) is 19.5. The van der Waals surface area contributed by atoms with Crippen LogP contribution in [0.1, 0.15) is 290 Å². The van der Waals surface area contributed by atoms with Gasteiger partial charge in [0.2, 0.25) is 0 Å². The number of ether oxygens (including phenoxy) is 2. The third-order valence-corrected chi connectivity index (χ3v) is 13.8. The fraction of sp³-hybridized carbons (Fsp3) is 0.862. The van der Waals surface area contributed by atoms with Gasteiger partial charge >= 0.3 is 19.8 Å². The summed E-state index contributed by atoms with van der Waals surface area (Å²) in [4.78, 5) is 35.0. The molecule has 400 valence electrons. The Morgan fingerprint density at radius 2 is 0.809 bits per heavy atom. The number of phosphoric ester groups is 1. The van der Waals surface area contributed by atoms with Crippen LogP contribution in [0, 0.1) is 0 Å². The molecule has 0 aromatic heterocycles. The molecule has 0 aliphatic carbocycles. The lowest BCUT2D eigenvalue weighted by atomic mass is 10.0. The molecule has 0 bridgehead atoms. The van der Waals surface area contributed by atoms with Crippen LogP contribution in [0.3, 0.4) is 0 Å². The van der Waals surface area contributed by atoms with Gasteiger partial charge in [-0.3, -0.25) is 18.6 Å². The van der Waals surface area contributed by atoms with Crippen LogP contribution in [0.2, 0.25) is 0 Å². The van der Waals surface area contributed by atoms with E-state index in [1.54, 1.807) is 0 Å². The highest BCUT2D eigenvalue weighted by Gasteiger charge is 2.26. The van der Waals surface area contributed by atoms with Crippen molar-refractivity contribution in [3.63, 3.8) is 0 Å². The van der Waals surface area contributed by atoms with Crippen molar-refractivity contribution in [3.05, 3.63) is 36.5 Å². The number of allylic oxidation sites excluding steroid dienone is 6. The largest absolute Gasteiger partial charge is 0.472 e. The zero-order valence-corrected chi connectivity index (χ0v) is 45.5. The van der Waals surface area contributed by atoms with Gasteiger partial charge in [0.15, 0.2) is 6.10 Å². The van der Waals surface area contributed by atoms with Gasteiger partial charge in [0, 0.05) is 19.4 Å². The molecule has 0 radical (unpaired) electrons. The minimum Gasteiger partial charge on any atom is -0.462 e. The van der Waals surface area contributed by atoms with Crippen molar-refractivity contribution in [3.8, 4) is 0 Å². The zero-order valence-electron chi connectivity index (χ0n) is 44.6. The third-order valence-electron chi connectivity index (χ3n) is 12.8. The summed E-state index contributed by atoms with van der Waals surface area (Å²) in [7, 11) is -4.39. The maximum absolute atomic E-state index is 12.6. The van der Waals surface area contributed by atoms with Gasteiger partial charge in [-0.05, 0) is 44.9 Å². The van der Waals surface area contributed by atoms with Crippen LogP contribution in [0.25, 0.3) is 0 Å². The van der Waals surface area contributed by atoms with Crippen molar-refractivity contribution in [2.24, 2.45) is 5.73 Å². The van der Waals surface area contributed by atoms with Crippen molar-refractivity contribution in [1.82, 2.24) is 0 Å². The molecule has 0 aromatic carbocycles. The minimum atomic E-state index is -4.39. The maximum atomic E-state index is 12.6. The monoisotopic (exact) mass is 980 g/mol.